The maximum absolute atomic E-state index is 13.2. The summed E-state index contributed by atoms with van der Waals surface area (Å²) in [5, 5.41) is 3.31. The van der Waals surface area contributed by atoms with Crippen molar-refractivity contribution in [3.63, 3.8) is 0 Å². The van der Waals surface area contributed by atoms with E-state index in [9.17, 15) is 14.0 Å². The van der Waals surface area contributed by atoms with Crippen molar-refractivity contribution in [3.05, 3.63) is 95.1 Å². The molecular weight excluding hydrogens is 373 g/mol. The van der Waals surface area contributed by atoms with Crippen molar-refractivity contribution in [3.8, 4) is 0 Å². The molecule has 0 radical (unpaired) electrons. The Morgan fingerprint density at radius 1 is 1.14 bits per heavy atom. The van der Waals surface area contributed by atoms with Gasteiger partial charge in [-0.15, -0.1) is 0 Å². The Morgan fingerprint density at radius 2 is 1.86 bits per heavy atom. The number of aromatic nitrogens is 1. The Balaban J connectivity index is 1.63. The lowest BCUT2D eigenvalue weighted by atomic mass is 10.2. The van der Waals surface area contributed by atoms with Crippen LogP contribution in [-0.2, 0) is 11.3 Å². The van der Waals surface area contributed by atoms with Gasteiger partial charge in [-0.1, -0.05) is 12.1 Å². The number of esters is 1. The molecule has 1 amide bonds. The van der Waals surface area contributed by atoms with Gasteiger partial charge in [-0.05, 0) is 54.1 Å². The standard InChI is InChI=1S/C22H18FN3O3/c1-29-22(28)15-6-10-17(11-7-15)25-20-19-18(3-2-12-24-19)21(27)26(20)13-14-4-8-16(23)9-5-14/h2-12,20,25H,13H2,1H3/t20-/m1/s1. The summed E-state index contributed by atoms with van der Waals surface area (Å²) in [6, 6.07) is 16.3. The monoisotopic (exact) mass is 391 g/mol. The van der Waals surface area contributed by atoms with Crippen LogP contribution in [0.1, 0.15) is 38.1 Å². The second-order valence-corrected chi connectivity index (χ2v) is 6.61. The molecule has 6 nitrogen and oxygen atoms in total. The number of hydrogen-bond donors (Lipinski definition) is 1. The maximum Gasteiger partial charge on any atom is 0.337 e. The average molecular weight is 391 g/mol. The molecule has 1 atom stereocenters. The Bertz CT molecular complexity index is 1050. The third-order valence-corrected chi connectivity index (χ3v) is 4.78. The van der Waals surface area contributed by atoms with Gasteiger partial charge in [-0.25, -0.2) is 9.18 Å². The second kappa shape index (κ2) is 7.71. The van der Waals surface area contributed by atoms with E-state index in [0.717, 1.165) is 11.3 Å². The molecule has 0 bridgehead atoms. The number of nitrogens with zero attached hydrogens (tertiary/aromatic N) is 2. The first-order valence-corrected chi connectivity index (χ1v) is 9.02. The van der Waals surface area contributed by atoms with E-state index >= 15 is 0 Å². The summed E-state index contributed by atoms with van der Waals surface area (Å²) < 4.78 is 17.9. The van der Waals surface area contributed by atoms with Crippen molar-refractivity contribution < 1.29 is 18.7 Å². The highest BCUT2D eigenvalue weighted by molar-refractivity contribution is 5.99. The fourth-order valence-corrected chi connectivity index (χ4v) is 3.31. The highest BCUT2D eigenvalue weighted by atomic mass is 19.1. The second-order valence-electron chi connectivity index (χ2n) is 6.61. The molecular formula is C22H18FN3O3. The topological polar surface area (TPSA) is 71.5 Å². The molecule has 2 heterocycles. The fraction of sp³-hybridized carbons (Fsp3) is 0.136. The summed E-state index contributed by atoms with van der Waals surface area (Å²) in [7, 11) is 1.33. The number of ether oxygens (including phenoxy) is 1. The van der Waals surface area contributed by atoms with Gasteiger partial charge in [0.2, 0.25) is 0 Å². The largest absolute Gasteiger partial charge is 0.465 e. The number of carbonyl (C=O) groups excluding carboxylic acids is 2. The van der Waals surface area contributed by atoms with E-state index < -0.39 is 12.1 Å². The summed E-state index contributed by atoms with van der Waals surface area (Å²) in [6.07, 6.45) is 1.15. The number of hydrogen-bond acceptors (Lipinski definition) is 5. The van der Waals surface area contributed by atoms with Gasteiger partial charge in [0.15, 0.2) is 0 Å². The lowest BCUT2D eigenvalue weighted by Crippen LogP contribution is -2.32. The van der Waals surface area contributed by atoms with Gasteiger partial charge < -0.3 is 15.0 Å². The van der Waals surface area contributed by atoms with Crippen molar-refractivity contribution in [2.24, 2.45) is 0 Å². The summed E-state index contributed by atoms with van der Waals surface area (Å²) in [4.78, 5) is 30.6. The zero-order chi connectivity index (χ0) is 20.4. The third-order valence-electron chi connectivity index (χ3n) is 4.78. The van der Waals surface area contributed by atoms with E-state index in [1.54, 1.807) is 59.6 Å². The molecule has 1 aromatic heterocycles. The lowest BCUT2D eigenvalue weighted by molar-refractivity contribution is 0.0600. The van der Waals surface area contributed by atoms with Crippen molar-refractivity contribution in [1.29, 1.82) is 0 Å². The Morgan fingerprint density at radius 3 is 2.55 bits per heavy atom. The van der Waals surface area contributed by atoms with Crippen molar-refractivity contribution in [2.75, 3.05) is 12.4 Å². The summed E-state index contributed by atoms with van der Waals surface area (Å²) >= 11 is 0. The molecule has 0 saturated carbocycles. The summed E-state index contributed by atoms with van der Waals surface area (Å²) in [6.45, 7) is 0.299. The minimum atomic E-state index is -0.493. The number of nitrogens with one attached hydrogen (secondary N) is 1. The number of amides is 1. The van der Waals surface area contributed by atoms with Gasteiger partial charge in [0.1, 0.15) is 12.0 Å². The van der Waals surface area contributed by atoms with Gasteiger partial charge in [0.25, 0.3) is 5.91 Å². The molecule has 1 aliphatic heterocycles. The van der Waals surface area contributed by atoms with Crippen molar-refractivity contribution in [1.82, 2.24) is 9.88 Å². The van der Waals surface area contributed by atoms with Crippen LogP contribution in [0.4, 0.5) is 10.1 Å². The predicted octanol–water partition coefficient (Wildman–Crippen LogP) is 3.77. The van der Waals surface area contributed by atoms with Crippen molar-refractivity contribution >= 4 is 17.6 Å². The van der Waals surface area contributed by atoms with Gasteiger partial charge in [0, 0.05) is 18.4 Å². The van der Waals surface area contributed by atoms with E-state index in [1.165, 1.54) is 19.2 Å². The van der Waals surface area contributed by atoms with Crippen LogP contribution in [0.3, 0.4) is 0 Å². The van der Waals surface area contributed by atoms with E-state index in [0.29, 0.717) is 23.4 Å². The molecule has 0 spiro atoms. The zero-order valence-electron chi connectivity index (χ0n) is 15.6. The van der Waals surface area contributed by atoms with Crippen LogP contribution in [0, 0.1) is 5.82 Å². The summed E-state index contributed by atoms with van der Waals surface area (Å²) in [5.74, 6) is -0.898. The van der Waals surface area contributed by atoms with Crippen LogP contribution in [0.25, 0.3) is 0 Å². The first-order chi connectivity index (χ1) is 14.1. The molecule has 1 N–H and O–H groups in total. The van der Waals surface area contributed by atoms with E-state index in [2.05, 4.69) is 10.3 Å². The van der Waals surface area contributed by atoms with Gasteiger partial charge >= 0.3 is 5.97 Å². The number of halogens is 1. The molecule has 4 rings (SSSR count). The molecule has 2 aromatic carbocycles. The predicted molar refractivity (Wildman–Crippen MR) is 105 cm³/mol. The SMILES string of the molecule is COC(=O)c1ccc(N[C@H]2c3ncccc3C(=O)N2Cc2ccc(F)cc2)cc1. The third kappa shape index (κ3) is 3.67. The number of anilines is 1. The Hall–Kier alpha value is -3.74. The zero-order valence-corrected chi connectivity index (χ0v) is 15.6. The first kappa shape index (κ1) is 18.6. The normalized spacial score (nSPS) is 15.2. The smallest absolute Gasteiger partial charge is 0.337 e. The highest BCUT2D eigenvalue weighted by Gasteiger charge is 2.37. The molecule has 1 aliphatic rings. The van der Waals surface area contributed by atoms with E-state index in [1.807, 2.05) is 0 Å². The van der Waals surface area contributed by atoms with Crippen LogP contribution in [0.15, 0.2) is 66.9 Å². The quantitative estimate of drug-likeness (QED) is 0.671. The van der Waals surface area contributed by atoms with E-state index in [4.69, 9.17) is 4.74 Å². The summed E-state index contributed by atoms with van der Waals surface area (Å²) in [5.41, 5.74) is 3.11. The maximum atomic E-state index is 13.2. The Kier molecular flexibility index (Phi) is 4.95. The van der Waals surface area contributed by atoms with Gasteiger partial charge in [0.05, 0.1) is 23.9 Å². The average Bonchev–Trinajstić information content (AvgIpc) is 3.01. The molecule has 0 unspecified atom stereocenters. The molecule has 0 saturated heterocycles. The minimum Gasteiger partial charge on any atom is -0.465 e. The molecule has 3 aromatic rings. The number of pyridine rings is 1. The van der Waals surface area contributed by atoms with Crippen LogP contribution in [0.5, 0.6) is 0 Å². The van der Waals surface area contributed by atoms with E-state index in [-0.39, 0.29) is 11.7 Å². The number of rotatable bonds is 5. The number of methoxy groups -OCH3 is 1. The molecule has 7 heteroatoms. The molecule has 146 valence electrons. The fourth-order valence-electron chi connectivity index (χ4n) is 3.31. The minimum absolute atomic E-state index is 0.152. The first-order valence-electron chi connectivity index (χ1n) is 9.02. The highest BCUT2D eigenvalue weighted by Crippen LogP contribution is 2.34. The van der Waals surface area contributed by atoms with Gasteiger partial charge in [-0.3, -0.25) is 9.78 Å². The molecule has 0 aliphatic carbocycles. The van der Waals surface area contributed by atoms with Crippen molar-refractivity contribution in [2.45, 2.75) is 12.7 Å². The van der Waals surface area contributed by atoms with Crippen LogP contribution >= 0.6 is 0 Å². The molecule has 29 heavy (non-hydrogen) atoms. The Labute approximate surface area is 166 Å². The number of benzene rings is 2. The number of fused-ring (bicyclic) bond motifs is 1. The molecule has 0 fully saturated rings. The lowest BCUT2D eigenvalue weighted by Gasteiger charge is -2.26. The van der Waals surface area contributed by atoms with Crippen LogP contribution in [0.2, 0.25) is 0 Å². The van der Waals surface area contributed by atoms with Gasteiger partial charge in [-0.2, -0.15) is 0 Å². The van der Waals surface area contributed by atoms with Crippen LogP contribution in [-0.4, -0.2) is 28.9 Å². The van der Waals surface area contributed by atoms with Crippen LogP contribution < -0.4 is 5.32 Å². The number of carbonyl (C=O) groups is 2.